The summed E-state index contributed by atoms with van der Waals surface area (Å²) in [4.78, 5) is 17.8. The number of amides is 1. The monoisotopic (exact) mass is 529 g/mol. The highest BCUT2D eigenvalue weighted by Gasteiger charge is 2.25. The van der Waals surface area contributed by atoms with Gasteiger partial charge in [-0.25, -0.2) is 8.78 Å². The lowest BCUT2D eigenvalue weighted by Crippen LogP contribution is -2.38. The van der Waals surface area contributed by atoms with E-state index in [1.807, 2.05) is 31.4 Å². The number of carbonyl (C=O) groups is 1. The molecule has 2 aromatic rings. The molecule has 4 rings (SSSR count). The van der Waals surface area contributed by atoms with Gasteiger partial charge in [-0.05, 0) is 89.8 Å². The molecule has 0 spiro atoms. The van der Waals surface area contributed by atoms with E-state index < -0.39 is 6.43 Å². The zero-order valence-corrected chi connectivity index (χ0v) is 23.6. The Labute approximate surface area is 226 Å². The molecule has 1 saturated carbocycles. The number of nitrogens with one attached hydrogen (secondary N) is 1. The molecule has 1 N–H and O–H groups in total. The molecule has 1 aliphatic carbocycles. The fourth-order valence-electron chi connectivity index (χ4n) is 6.17. The highest BCUT2D eigenvalue weighted by atomic mass is 19.3. The smallest absolute Gasteiger partial charge is 0.252 e. The molecule has 210 valence electrons. The average molecular weight is 530 g/mol. The summed E-state index contributed by atoms with van der Waals surface area (Å²) in [6.07, 6.45) is 7.79. The third kappa shape index (κ3) is 7.33. The van der Waals surface area contributed by atoms with Crippen molar-refractivity contribution in [1.82, 2.24) is 24.9 Å². The molecule has 1 unspecified atom stereocenters. The number of alkyl halides is 2. The van der Waals surface area contributed by atoms with Crippen LogP contribution in [-0.2, 0) is 7.05 Å². The van der Waals surface area contributed by atoms with Crippen LogP contribution in [0.25, 0.3) is 10.9 Å². The number of halogens is 2. The molecular weight excluding hydrogens is 484 g/mol. The van der Waals surface area contributed by atoms with E-state index in [2.05, 4.69) is 41.1 Å². The molecule has 0 bridgehead atoms. The van der Waals surface area contributed by atoms with Gasteiger partial charge in [-0.1, -0.05) is 11.6 Å². The van der Waals surface area contributed by atoms with Gasteiger partial charge in [0.25, 0.3) is 5.91 Å². The van der Waals surface area contributed by atoms with Crippen molar-refractivity contribution in [3.63, 3.8) is 0 Å². The molecule has 2 heterocycles. The van der Waals surface area contributed by atoms with Crippen LogP contribution < -0.4 is 5.32 Å². The Morgan fingerprint density at radius 3 is 2.63 bits per heavy atom. The normalized spacial score (nSPS) is 22.1. The maximum absolute atomic E-state index is 13.0. The van der Waals surface area contributed by atoms with Crippen molar-refractivity contribution >= 4 is 16.8 Å². The Kier molecular flexibility index (Phi) is 9.80. The van der Waals surface area contributed by atoms with Crippen molar-refractivity contribution in [2.45, 2.75) is 90.1 Å². The Bertz CT molecular complexity index is 1110. The molecule has 1 aromatic heterocycles. The molecular formula is C30H45F2N5O. The lowest BCUT2D eigenvalue weighted by Gasteiger charge is -2.32. The molecule has 1 aliphatic heterocycles. The number of aromatic nitrogens is 2. The molecule has 1 fully saturated rings. The summed E-state index contributed by atoms with van der Waals surface area (Å²) in [7, 11) is 3.95. The van der Waals surface area contributed by atoms with E-state index >= 15 is 0 Å². The van der Waals surface area contributed by atoms with Crippen LogP contribution in [0.2, 0.25) is 0 Å². The Morgan fingerprint density at radius 2 is 1.89 bits per heavy atom. The van der Waals surface area contributed by atoms with Crippen LogP contribution >= 0.6 is 0 Å². The number of nitrogens with zero attached hydrogens (tertiary/aromatic N) is 4. The third-order valence-electron chi connectivity index (χ3n) is 8.79. The first-order valence-electron chi connectivity index (χ1n) is 14.4. The van der Waals surface area contributed by atoms with Gasteiger partial charge in [-0.3, -0.25) is 9.48 Å². The van der Waals surface area contributed by atoms with E-state index in [9.17, 15) is 13.6 Å². The Balaban J connectivity index is 1.19. The van der Waals surface area contributed by atoms with Gasteiger partial charge in [0.2, 0.25) is 6.43 Å². The van der Waals surface area contributed by atoms with E-state index in [1.165, 1.54) is 17.7 Å². The van der Waals surface area contributed by atoms with Gasteiger partial charge in [0.15, 0.2) is 0 Å². The fraction of sp³-hybridized carbons (Fsp3) is 0.667. The van der Waals surface area contributed by atoms with E-state index in [0.717, 1.165) is 69.1 Å². The fourth-order valence-corrected chi connectivity index (χ4v) is 6.17. The molecule has 0 radical (unpaired) electrons. The molecule has 8 heteroatoms. The SMILES string of the molecule is CC1=C(N(C)C(C)CCC(F)F)CCN(CCC2CCC(NC(=O)c3cccc4nn(C)cc34)CC2)CC1. The number of benzene rings is 1. The second-order valence-electron chi connectivity index (χ2n) is 11.5. The second kappa shape index (κ2) is 13.0. The van der Waals surface area contributed by atoms with Crippen LogP contribution in [0.15, 0.2) is 35.7 Å². The number of carbonyl (C=O) groups excluding carboxylic acids is 1. The largest absolute Gasteiger partial charge is 0.375 e. The maximum Gasteiger partial charge on any atom is 0.252 e. The Morgan fingerprint density at radius 1 is 1.16 bits per heavy atom. The molecule has 2 aliphatic rings. The highest BCUT2D eigenvalue weighted by Crippen LogP contribution is 2.29. The van der Waals surface area contributed by atoms with Crippen molar-refractivity contribution in [2.75, 3.05) is 26.7 Å². The van der Waals surface area contributed by atoms with Crippen molar-refractivity contribution in [3.05, 3.63) is 41.2 Å². The first kappa shape index (κ1) is 28.5. The molecule has 38 heavy (non-hydrogen) atoms. The van der Waals surface area contributed by atoms with Gasteiger partial charge in [0.1, 0.15) is 0 Å². The Hall–Kier alpha value is -2.48. The van der Waals surface area contributed by atoms with Crippen LogP contribution in [-0.4, -0.2) is 70.7 Å². The van der Waals surface area contributed by atoms with Gasteiger partial charge in [-0.15, -0.1) is 0 Å². The van der Waals surface area contributed by atoms with Crippen molar-refractivity contribution in [1.29, 1.82) is 0 Å². The van der Waals surface area contributed by atoms with Crippen LogP contribution in [0.3, 0.4) is 0 Å². The molecule has 0 saturated heterocycles. The first-order chi connectivity index (χ1) is 18.2. The topological polar surface area (TPSA) is 53.4 Å². The average Bonchev–Trinajstić information content (AvgIpc) is 3.18. The minimum atomic E-state index is -2.22. The standard InChI is InChI=1S/C30H45F2N5O/c1-21-14-17-37(19-16-28(21)36(4)22(2)8-13-29(31)32)18-15-23-9-11-24(12-10-23)33-30(38)25-6-5-7-27-26(25)20-35(3)34-27/h5-7,20,22-24,29H,8-19H2,1-4H3,(H,33,38). The lowest BCUT2D eigenvalue weighted by molar-refractivity contribution is 0.0921. The summed E-state index contributed by atoms with van der Waals surface area (Å²) in [5.74, 6) is 0.711. The van der Waals surface area contributed by atoms with Gasteiger partial charge in [0.05, 0.1) is 11.1 Å². The summed E-state index contributed by atoms with van der Waals surface area (Å²) >= 11 is 0. The van der Waals surface area contributed by atoms with Crippen LogP contribution in [0.1, 0.15) is 82.0 Å². The predicted octanol–water partition coefficient (Wildman–Crippen LogP) is 5.99. The summed E-state index contributed by atoms with van der Waals surface area (Å²) in [5.41, 5.74) is 4.30. The lowest BCUT2D eigenvalue weighted by atomic mass is 9.84. The number of rotatable bonds is 10. The van der Waals surface area contributed by atoms with Gasteiger partial charge < -0.3 is 15.1 Å². The van der Waals surface area contributed by atoms with Crippen LogP contribution in [0, 0.1) is 5.92 Å². The number of aryl methyl sites for hydroxylation is 1. The quantitative estimate of drug-likeness (QED) is 0.411. The minimum absolute atomic E-state index is 0.00350. The van der Waals surface area contributed by atoms with E-state index in [4.69, 9.17) is 0 Å². The van der Waals surface area contributed by atoms with Gasteiger partial charge >= 0.3 is 0 Å². The zero-order chi connectivity index (χ0) is 27.2. The molecule has 6 nitrogen and oxygen atoms in total. The summed E-state index contributed by atoms with van der Waals surface area (Å²) < 4.78 is 27.1. The summed E-state index contributed by atoms with van der Waals surface area (Å²) in [6, 6.07) is 6.09. The number of hydrogen-bond acceptors (Lipinski definition) is 4. The van der Waals surface area contributed by atoms with Gasteiger partial charge in [0, 0.05) is 63.0 Å². The van der Waals surface area contributed by atoms with Crippen molar-refractivity contribution in [3.8, 4) is 0 Å². The van der Waals surface area contributed by atoms with Crippen LogP contribution in [0.5, 0.6) is 0 Å². The third-order valence-corrected chi connectivity index (χ3v) is 8.79. The van der Waals surface area contributed by atoms with Crippen molar-refractivity contribution < 1.29 is 13.6 Å². The summed E-state index contributed by atoms with van der Waals surface area (Å²) in [6.45, 7) is 7.47. The summed E-state index contributed by atoms with van der Waals surface area (Å²) in [5, 5.41) is 8.60. The zero-order valence-electron chi connectivity index (χ0n) is 23.6. The molecule has 1 aromatic carbocycles. The van der Waals surface area contributed by atoms with Crippen molar-refractivity contribution in [2.24, 2.45) is 13.0 Å². The minimum Gasteiger partial charge on any atom is -0.375 e. The first-order valence-corrected chi connectivity index (χ1v) is 14.4. The van der Waals surface area contributed by atoms with E-state index in [-0.39, 0.29) is 24.4 Å². The maximum atomic E-state index is 13.0. The highest BCUT2D eigenvalue weighted by molar-refractivity contribution is 6.06. The molecule has 1 amide bonds. The number of hydrogen-bond donors (Lipinski definition) is 1. The van der Waals surface area contributed by atoms with E-state index in [1.54, 1.807) is 4.68 Å². The van der Waals surface area contributed by atoms with E-state index in [0.29, 0.717) is 17.9 Å². The number of fused-ring (bicyclic) bond motifs is 1. The second-order valence-corrected chi connectivity index (χ2v) is 11.5. The predicted molar refractivity (Wildman–Crippen MR) is 149 cm³/mol. The van der Waals surface area contributed by atoms with Gasteiger partial charge in [-0.2, -0.15) is 5.10 Å². The van der Waals surface area contributed by atoms with Crippen LogP contribution in [0.4, 0.5) is 8.78 Å². The molecule has 1 atom stereocenters.